The molecule has 1 aliphatic rings. The zero-order valence-electron chi connectivity index (χ0n) is 15.1. The van der Waals surface area contributed by atoms with Crippen LogP contribution in [0, 0.1) is 0 Å². The highest BCUT2D eigenvalue weighted by atomic mass is 16.6. The molecule has 2 amide bonds. The first kappa shape index (κ1) is 17.7. The number of amides is 2. The second kappa shape index (κ2) is 8.29. The number of likely N-dealkylation sites (tertiary alicyclic amines) is 1. The summed E-state index contributed by atoms with van der Waals surface area (Å²) in [6.07, 6.45) is 4.92. The molecule has 2 aromatic rings. The fraction of sp³-hybridized carbons (Fsp3) is 0.611. The van der Waals surface area contributed by atoms with E-state index in [2.05, 4.69) is 27.5 Å². The summed E-state index contributed by atoms with van der Waals surface area (Å²) in [7, 11) is 1.81. The van der Waals surface area contributed by atoms with Crippen molar-refractivity contribution in [2.75, 3.05) is 26.7 Å². The second-order valence-corrected chi connectivity index (χ2v) is 6.79. The van der Waals surface area contributed by atoms with Crippen molar-refractivity contribution < 1.29 is 9.42 Å². The van der Waals surface area contributed by atoms with E-state index < -0.39 is 0 Å². The van der Waals surface area contributed by atoms with E-state index in [1.54, 1.807) is 4.90 Å². The SMILES string of the molecule is CC[C@H](CNC(=O)N(C)Cc1ccc2nonc2c1)N1CCCCC1. The molecule has 0 aliphatic carbocycles. The highest BCUT2D eigenvalue weighted by molar-refractivity contribution is 5.75. The Morgan fingerprint density at radius 1 is 1.28 bits per heavy atom. The summed E-state index contributed by atoms with van der Waals surface area (Å²) in [4.78, 5) is 16.6. The second-order valence-electron chi connectivity index (χ2n) is 6.79. The Morgan fingerprint density at radius 3 is 2.80 bits per heavy atom. The number of urea groups is 1. The highest BCUT2D eigenvalue weighted by Gasteiger charge is 2.20. The van der Waals surface area contributed by atoms with E-state index in [1.807, 2.05) is 25.2 Å². The van der Waals surface area contributed by atoms with Crippen LogP contribution >= 0.6 is 0 Å². The van der Waals surface area contributed by atoms with Crippen molar-refractivity contribution in [2.24, 2.45) is 0 Å². The fourth-order valence-corrected chi connectivity index (χ4v) is 3.43. The molecule has 0 unspecified atom stereocenters. The maximum atomic E-state index is 12.4. The van der Waals surface area contributed by atoms with Gasteiger partial charge in [0.1, 0.15) is 11.0 Å². The molecule has 1 atom stereocenters. The first-order chi connectivity index (χ1) is 12.2. The van der Waals surface area contributed by atoms with E-state index in [-0.39, 0.29) is 6.03 Å². The van der Waals surface area contributed by atoms with Gasteiger partial charge >= 0.3 is 6.03 Å². The minimum absolute atomic E-state index is 0.0474. The van der Waals surface area contributed by atoms with Crippen LogP contribution in [-0.2, 0) is 6.54 Å². The van der Waals surface area contributed by atoms with Crippen LogP contribution in [0.15, 0.2) is 22.8 Å². The summed E-state index contributed by atoms with van der Waals surface area (Å²) in [6, 6.07) is 6.08. The van der Waals surface area contributed by atoms with Gasteiger partial charge < -0.3 is 10.2 Å². The molecule has 1 aromatic heterocycles. The molecular weight excluding hydrogens is 318 g/mol. The van der Waals surface area contributed by atoms with Crippen molar-refractivity contribution in [2.45, 2.75) is 45.2 Å². The van der Waals surface area contributed by atoms with E-state index in [4.69, 9.17) is 4.63 Å². The molecule has 3 rings (SSSR count). The number of hydrogen-bond donors (Lipinski definition) is 1. The number of piperidine rings is 1. The van der Waals surface area contributed by atoms with E-state index in [9.17, 15) is 4.79 Å². The third kappa shape index (κ3) is 4.48. The van der Waals surface area contributed by atoms with Gasteiger partial charge in [-0.1, -0.05) is 19.4 Å². The van der Waals surface area contributed by atoms with Gasteiger partial charge in [0, 0.05) is 26.2 Å². The lowest BCUT2D eigenvalue weighted by molar-refractivity contribution is 0.152. The summed E-state index contributed by atoms with van der Waals surface area (Å²) in [5.41, 5.74) is 2.44. The van der Waals surface area contributed by atoms with E-state index in [1.165, 1.54) is 19.3 Å². The average molecular weight is 345 g/mol. The van der Waals surface area contributed by atoms with Gasteiger partial charge in [0.05, 0.1) is 0 Å². The van der Waals surface area contributed by atoms with Crippen molar-refractivity contribution in [3.8, 4) is 0 Å². The van der Waals surface area contributed by atoms with Gasteiger partial charge in [-0.15, -0.1) is 0 Å². The van der Waals surface area contributed by atoms with Crippen LogP contribution < -0.4 is 5.32 Å². The molecule has 25 heavy (non-hydrogen) atoms. The van der Waals surface area contributed by atoms with Crippen molar-refractivity contribution in [3.63, 3.8) is 0 Å². The molecular formula is C18H27N5O2. The van der Waals surface area contributed by atoms with Gasteiger partial charge in [-0.3, -0.25) is 4.90 Å². The van der Waals surface area contributed by atoms with Crippen LogP contribution in [0.5, 0.6) is 0 Å². The largest absolute Gasteiger partial charge is 0.336 e. The molecule has 136 valence electrons. The number of carbonyl (C=O) groups is 1. The Hall–Kier alpha value is -2.15. The van der Waals surface area contributed by atoms with Crippen LogP contribution in [0.4, 0.5) is 4.79 Å². The summed E-state index contributed by atoms with van der Waals surface area (Å²) in [5, 5.41) is 10.7. The zero-order valence-corrected chi connectivity index (χ0v) is 15.1. The first-order valence-electron chi connectivity index (χ1n) is 9.11. The number of fused-ring (bicyclic) bond motifs is 1. The lowest BCUT2D eigenvalue weighted by Crippen LogP contribution is -2.48. The number of rotatable bonds is 6. The Balaban J connectivity index is 1.51. The molecule has 7 heteroatoms. The molecule has 0 bridgehead atoms. The topological polar surface area (TPSA) is 74.5 Å². The van der Waals surface area contributed by atoms with Gasteiger partial charge in [0.25, 0.3) is 0 Å². The minimum atomic E-state index is -0.0474. The number of benzene rings is 1. The molecule has 0 saturated carbocycles. The van der Waals surface area contributed by atoms with E-state index >= 15 is 0 Å². The molecule has 2 heterocycles. The maximum absolute atomic E-state index is 12.4. The molecule has 1 aromatic carbocycles. The van der Waals surface area contributed by atoms with Gasteiger partial charge in [-0.25, -0.2) is 9.42 Å². The van der Waals surface area contributed by atoms with Crippen molar-refractivity contribution in [1.29, 1.82) is 0 Å². The maximum Gasteiger partial charge on any atom is 0.317 e. The molecule has 1 N–H and O–H groups in total. The Labute approximate surface area is 148 Å². The first-order valence-corrected chi connectivity index (χ1v) is 9.11. The summed E-state index contributed by atoms with van der Waals surface area (Å²) in [5.74, 6) is 0. The quantitative estimate of drug-likeness (QED) is 0.871. The van der Waals surface area contributed by atoms with Gasteiger partial charge in [-0.05, 0) is 60.4 Å². The molecule has 7 nitrogen and oxygen atoms in total. The van der Waals surface area contributed by atoms with E-state index in [0.29, 0.717) is 24.6 Å². The number of carbonyl (C=O) groups excluding carboxylic acids is 1. The smallest absolute Gasteiger partial charge is 0.317 e. The lowest BCUT2D eigenvalue weighted by atomic mass is 10.1. The predicted molar refractivity (Wildman–Crippen MR) is 96.2 cm³/mol. The van der Waals surface area contributed by atoms with Crippen LogP contribution in [0.3, 0.4) is 0 Å². The third-order valence-corrected chi connectivity index (χ3v) is 4.95. The standard InChI is InChI=1S/C18H27N5O2/c1-3-15(23-9-5-4-6-10-23)12-19-18(24)22(2)13-14-7-8-16-17(11-14)21-25-20-16/h7-8,11,15H,3-6,9-10,12-13H2,1-2H3,(H,19,24)/t15-/m1/s1. The minimum Gasteiger partial charge on any atom is -0.336 e. The summed E-state index contributed by atoms with van der Waals surface area (Å²) in [6.45, 7) is 5.71. The Bertz CT molecular complexity index is 696. The van der Waals surface area contributed by atoms with Gasteiger partial charge in [0.15, 0.2) is 0 Å². The number of nitrogens with one attached hydrogen (secondary N) is 1. The molecule has 1 aliphatic heterocycles. The highest BCUT2D eigenvalue weighted by Crippen LogP contribution is 2.15. The Morgan fingerprint density at radius 2 is 2.04 bits per heavy atom. The average Bonchev–Trinajstić information content (AvgIpc) is 3.10. The van der Waals surface area contributed by atoms with Crippen molar-refractivity contribution in [1.82, 2.24) is 25.4 Å². The summed E-state index contributed by atoms with van der Waals surface area (Å²) < 4.78 is 4.71. The van der Waals surface area contributed by atoms with Crippen LogP contribution in [0.1, 0.15) is 38.2 Å². The number of aromatic nitrogens is 2. The number of nitrogens with zero attached hydrogens (tertiary/aromatic N) is 4. The molecule has 1 saturated heterocycles. The van der Waals surface area contributed by atoms with Crippen molar-refractivity contribution in [3.05, 3.63) is 23.8 Å². The molecule has 0 spiro atoms. The third-order valence-electron chi connectivity index (χ3n) is 4.95. The van der Waals surface area contributed by atoms with Crippen LogP contribution in [-0.4, -0.2) is 58.9 Å². The lowest BCUT2D eigenvalue weighted by Gasteiger charge is -2.34. The summed E-state index contributed by atoms with van der Waals surface area (Å²) >= 11 is 0. The van der Waals surface area contributed by atoms with Gasteiger partial charge in [-0.2, -0.15) is 0 Å². The normalized spacial score (nSPS) is 16.7. The monoisotopic (exact) mass is 345 g/mol. The fourth-order valence-electron chi connectivity index (χ4n) is 3.43. The van der Waals surface area contributed by atoms with E-state index in [0.717, 1.165) is 30.6 Å². The molecule has 1 fully saturated rings. The number of hydrogen-bond acceptors (Lipinski definition) is 5. The Kier molecular flexibility index (Phi) is 5.86. The molecule has 0 radical (unpaired) electrons. The van der Waals surface area contributed by atoms with Crippen LogP contribution in [0.2, 0.25) is 0 Å². The predicted octanol–water partition coefficient (Wildman–Crippen LogP) is 2.63. The van der Waals surface area contributed by atoms with Crippen molar-refractivity contribution >= 4 is 17.1 Å². The zero-order chi connectivity index (χ0) is 17.6. The van der Waals surface area contributed by atoms with Crippen LogP contribution in [0.25, 0.3) is 11.0 Å². The van der Waals surface area contributed by atoms with Gasteiger partial charge in [0.2, 0.25) is 0 Å².